The number of carboxylic acids is 1. The van der Waals surface area contributed by atoms with Gasteiger partial charge in [-0.05, 0) is 18.3 Å². The number of hydrogen-bond donors (Lipinski definition) is 1. The molecular weight excluding hydrogens is 272 g/mol. The first kappa shape index (κ1) is 19.5. The second kappa shape index (κ2) is 13.0. The second-order valence-corrected chi connectivity index (χ2v) is 7.35. The quantitative estimate of drug-likeness (QED) is 0.368. The summed E-state index contributed by atoms with van der Waals surface area (Å²) in [5.41, 5.74) is 0. The standard InChI is InChI=1S/C20H38O2/c1-2-3-4-6-9-13-18-15-12-16-19(18)14-10-7-5-8-11-17-20(21)22/h18-19H,2-17H2,1H3,(H,21,22)/t18-,19-/m0/s1. The molecule has 1 aliphatic carbocycles. The molecule has 0 heterocycles. The van der Waals surface area contributed by atoms with Gasteiger partial charge in [0.2, 0.25) is 0 Å². The second-order valence-electron chi connectivity index (χ2n) is 7.35. The lowest BCUT2D eigenvalue weighted by atomic mass is 9.86. The first-order valence-corrected chi connectivity index (χ1v) is 9.95. The summed E-state index contributed by atoms with van der Waals surface area (Å²) in [4.78, 5) is 10.4. The van der Waals surface area contributed by atoms with Gasteiger partial charge in [0, 0.05) is 6.42 Å². The number of aliphatic carboxylic acids is 1. The van der Waals surface area contributed by atoms with E-state index in [4.69, 9.17) is 5.11 Å². The minimum absolute atomic E-state index is 0.350. The highest BCUT2D eigenvalue weighted by molar-refractivity contribution is 5.66. The Morgan fingerprint density at radius 1 is 0.818 bits per heavy atom. The number of unbranched alkanes of at least 4 members (excludes halogenated alkanes) is 8. The number of carbonyl (C=O) groups is 1. The molecule has 0 aliphatic heterocycles. The zero-order chi connectivity index (χ0) is 16.0. The predicted molar refractivity (Wildman–Crippen MR) is 94.2 cm³/mol. The van der Waals surface area contributed by atoms with Crippen molar-refractivity contribution in [1.29, 1.82) is 0 Å². The van der Waals surface area contributed by atoms with E-state index < -0.39 is 5.97 Å². The summed E-state index contributed by atoms with van der Waals surface area (Å²) in [5, 5.41) is 8.61. The molecule has 0 aromatic heterocycles. The smallest absolute Gasteiger partial charge is 0.303 e. The molecule has 2 nitrogen and oxygen atoms in total. The fraction of sp³-hybridized carbons (Fsp3) is 0.950. The molecule has 0 bridgehead atoms. The zero-order valence-electron chi connectivity index (χ0n) is 14.8. The Morgan fingerprint density at radius 3 is 1.86 bits per heavy atom. The largest absolute Gasteiger partial charge is 0.481 e. The maximum atomic E-state index is 10.4. The van der Waals surface area contributed by atoms with Crippen molar-refractivity contribution in [2.24, 2.45) is 11.8 Å². The summed E-state index contributed by atoms with van der Waals surface area (Å²) in [7, 11) is 0. The van der Waals surface area contributed by atoms with E-state index in [1.807, 2.05) is 0 Å². The molecule has 130 valence electrons. The van der Waals surface area contributed by atoms with Crippen LogP contribution in [0.25, 0.3) is 0 Å². The van der Waals surface area contributed by atoms with Crippen LogP contribution in [0.1, 0.15) is 110 Å². The van der Waals surface area contributed by atoms with Crippen LogP contribution in [0, 0.1) is 11.8 Å². The van der Waals surface area contributed by atoms with Crippen molar-refractivity contribution in [3.63, 3.8) is 0 Å². The van der Waals surface area contributed by atoms with E-state index in [0.717, 1.165) is 24.7 Å². The average Bonchev–Trinajstić information content (AvgIpc) is 2.93. The summed E-state index contributed by atoms with van der Waals surface area (Å²) < 4.78 is 0. The van der Waals surface area contributed by atoms with E-state index in [-0.39, 0.29) is 0 Å². The van der Waals surface area contributed by atoms with E-state index in [9.17, 15) is 4.79 Å². The average molecular weight is 311 g/mol. The summed E-state index contributed by atoms with van der Waals surface area (Å²) in [5.74, 6) is 1.38. The molecule has 0 aromatic rings. The van der Waals surface area contributed by atoms with E-state index >= 15 is 0 Å². The van der Waals surface area contributed by atoms with Crippen molar-refractivity contribution in [2.45, 2.75) is 110 Å². The van der Waals surface area contributed by atoms with Gasteiger partial charge < -0.3 is 5.11 Å². The van der Waals surface area contributed by atoms with Gasteiger partial charge in [-0.3, -0.25) is 4.79 Å². The number of carboxylic acid groups (broad SMARTS) is 1. The first-order valence-electron chi connectivity index (χ1n) is 9.95. The van der Waals surface area contributed by atoms with E-state index in [0.29, 0.717) is 6.42 Å². The summed E-state index contributed by atoms with van der Waals surface area (Å²) in [6.07, 6.45) is 20.6. The number of rotatable bonds is 14. The molecule has 1 rings (SSSR count). The topological polar surface area (TPSA) is 37.3 Å². The third kappa shape index (κ3) is 9.48. The van der Waals surface area contributed by atoms with Gasteiger partial charge in [-0.25, -0.2) is 0 Å². The third-order valence-corrected chi connectivity index (χ3v) is 5.46. The molecular formula is C20H38O2. The normalized spacial score (nSPS) is 21.3. The molecule has 0 aromatic carbocycles. The van der Waals surface area contributed by atoms with Crippen LogP contribution in [0.3, 0.4) is 0 Å². The van der Waals surface area contributed by atoms with Gasteiger partial charge >= 0.3 is 5.97 Å². The molecule has 1 N–H and O–H groups in total. The molecule has 1 aliphatic rings. The summed E-state index contributed by atoms with van der Waals surface area (Å²) in [6.45, 7) is 2.29. The highest BCUT2D eigenvalue weighted by atomic mass is 16.4. The summed E-state index contributed by atoms with van der Waals surface area (Å²) >= 11 is 0. The van der Waals surface area contributed by atoms with Crippen LogP contribution in [0.2, 0.25) is 0 Å². The lowest BCUT2D eigenvalue weighted by molar-refractivity contribution is -0.137. The Hall–Kier alpha value is -0.530. The molecule has 0 unspecified atom stereocenters. The minimum Gasteiger partial charge on any atom is -0.481 e. The highest BCUT2D eigenvalue weighted by Gasteiger charge is 2.25. The minimum atomic E-state index is -0.646. The molecule has 2 heteroatoms. The van der Waals surface area contributed by atoms with Crippen molar-refractivity contribution in [3.8, 4) is 0 Å². The van der Waals surface area contributed by atoms with Crippen molar-refractivity contribution in [1.82, 2.24) is 0 Å². The van der Waals surface area contributed by atoms with Crippen LogP contribution in [-0.4, -0.2) is 11.1 Å². The predicted octanol–water partition coefficient (Wildman–Crippen LogP) is 6.58. The lowest BCUT2D eigenvalue weighted by Crippen LogP contribution is -2.08. The van der Waals surface area contributed by atoms with E-state index in [1.165, 1.54) is 83.5 Å². The Labute approximate surface area is 138 Å². The number of hydrogen-bond acceptors (Lipinski definition) is 1. The van der Waals surface area contributed by atoms with Gasteiger partial charge in [-0.2, -0.15) is 0 Å². The SMILES string of the molecule is CCCCCCC[C@H]1CCC[C@@H]1CCCCCCCC(=O)O. The molecule has 0 amide bonds. The fourth-order valence-corrected chi connectivity index (χ4v) is 4.10. The zero-order valence-corrected chi connectivity index (χ0v) is 14.8. The molecule has 2 atom stereocenters. The molecule has 22 heavy (non-hydrogen) atoms. The Balaban J connectivity index is 1.98. The van der Waals surface area contributed by atoms with Gasteiger partial charge in [0.1, 0.15) is 0 Å². The Morgan fingerprint density at radius 2 is 1.32 bits per heavy atom. The Kier molecular flexibility index (Phi) is 11.5. The maximum Gasteiger partial charge on any atom is 0.303 e. The van der Waals surface area contributed by atoms with Crippen LogP contribution >= 0.6 is 0 Å². The van der Waals surface area contributed by atoms with Gasteiger partial charge in [-0.1, -0.05) is 96.8 Å². The van der Waals surface area contributed by atoms with Crippen LogP contribution in [0.15, 0.2) is 0 Å². The van der Waals surface area contributed by atoms with Crippen LogP contribution in [0.4, 0.5) is 0 Å². The van der Waals surface area contributed by atoms with E-state index in [1.54, 1.807) is 0 Å². The first-order chi connectivity index (χ1) is 10.7. The molecule has 1 fully saturated rings. The van der Waals surface area contributed by atoms with Crippen molar-refractivity contribution < 1.29 is 9.90 Å². The van der Waals surface area contributed by atoms with Gasteiger partial charge in [-0.15, -0.1) is 0 Å². The summed E-state index contributed by atoms with van der Waals surface area (Å²) in [6, 6.07) is 0. The molecule has 0 saturated heterocycles. The third-order valence-electron chi connectivity index (χ3n) is 5.46. The molecule has 1 saturated carbocycles. The van der Waals surface area contributed by atoms with Crippen molar-refractivity contribution in [3.05, 3.63) is 0 Å². The van der Waals surface area contributed by atoms with Crippen LogP contribution < -0.4 is 0 Å². The van der Waals surface area contributed by atoms with Crippen molar-refractivity contribution in [2.75, 3.05) is 0 Å². The molecule has 0 radical (unpaired) electrons. The molecule has 0 spiro atoms. The van der Waals surface area contributed by atoms with Crippen LogP contribution in [0.5, 0.6) is 0 Å². The maximum absolute atomic E-state index is 10.4. The van der Waals surface area contributed by atoms with Crippen molar-refractivity contribution >= 4 is 5.97 Å². The lowest BCUT2D eigenvalue weighted by Gasteiger charge is -2.19. The Bertz CT molecular complexity index is 275. The van der Waals surface area contributed by atoms with E-state index in [2.05, 4.69) is 6.92 Å². The van der Waals surface area contributed by atoms with Gasteiger partial charge in [0.15, 0.2) is 0 Å². The van der Waals surface area contributed by atoms with Gasteiger partial charge in [0.05, 0.1) is 0 Å². The van der Waals surface area contributed by atoms with Crippen LogP contribution in [-0.2, 0) is 4.79 Å². The monoisotopic (exact) mass is 310 g/mol. The van der Waals surface area contributed by atoms with Gasteiger partial charge in [0.25, 0.3) is 0 Å². The highest BCUT2D eigenvalue weighted by Crippen LogP contribution is 2.38. The fourth-order valence-electron chi connectivity index (χ4n) is 4.10.